The van der Waals surface area contributed by atoms with E-state index in [0.29, 0.717) is 55.0 Å². The van der Waals surface area contributed by atoms with Gasteiger partial charge in [-0.15, -0.1) is 0 Å². The molecule has 2 aliphatic heterocycles. The number of rotatable bonds is 4. The van der Waals surface area contributed by atoms with Crippen molar-refractivity contribution >= 4 is 28.9 Å². The van der Waals surface area contributed by atoms with Gasteiger partial charge in [0.1, 0.15) is 11.4 Å². The Morgan fingerprint density at radius 1 is 1.27 bits per heavy atom. The Hall–Kier alpha value is -3.83. The highest BCUT2D eigenvalue weighted by Gasteiger charge is 2.34. The third kappa shape index (κ3) is 4.28. The summed E-state index contributed by atoms with van der Waals surface area (Å²) < 4.78 is 57.8. The molecule has 33 heavy (non-hydrogen) atoms. The number of carbonyl (C=O) groups is 1. The SMILES string of the molecule is CC1=c2c(nc(=C=O)c(C(=O)NNc3ccc(F)c(C(F)(F)F)c3)c2N2CCOCC2)ON1. The fraction of sp³-hybridized carbons (Fsp3) is 0.300. The number of hydrogen-bond acceptors (Lipinski definition) is 8. The lowest BCUT2D eigenvalue weighted by Crippen LogP contribution is -2.44. The van der Waals surface area contributed by atoms with Crippen molar-refractivity contribution in [2.75, 3.05) is 36.6 Å². The first-order valence-corrected chi connectivity index (χ1v) is 9.69. The molecule has 3 N–H and O–H groups in total. The highest BCUT2D eigenvalue weighted by Crippen LogP contribution is 2.32. The van der Waals surface area contributed by atoms with E-state index >= 15 is 0 Å². The van der Waals surface area contributed by atoms with Gasteiger partial charge in [0.15, 0.2) is 11.3 Å². The fourth-order valence-corrected chi connectivity index (χ4v) is 3.54. The highest BCUT2D eigenvalue weighted by atomic mass is 19.4. The molecule has 0 atom stereocenters. The summed E-state index contributed by atoms with van der Waals surface area (Å²) in [6.45, 7) is 3.25. The minimum absolute atomic E-state index is 0.0882. The fourth-order valence-electron chi connectivity index (χ4n) is 3.54. The number of halogens is 4. The number of ether oxygens (including phenoxy) is 1. The van der Waals surface area contributed by atoms with Crippen LogP contribution in [-0.4, -0.2) is 43.1 Å². The monoisotopic (exact) mass is 467 g/mol. The van der Waals surface area contributed by atoms with E-state index in [9.17, 15) is 27.2 Å². The number of anilines is 2. The molecule has 174 valence electrons. The van der Waals surface area contributed by atoms with Crippen LogP contribution in [0.2, 0.25) is 0 Å². The molecule has 2 aliphatic rings. The van der Waals surface area contributed by atoms with Crippen molar-refractivity contribution in [1.29, 1.82) is 0 Å². The zero-order valence-electron chi connectivity index (χ0n) is 17.1. The Kier molecular flexibility index (Phi) is 5.83. The molecule has 1 aromatic carbocycles. The second-order valence-corrected chi connectivity index (χ2v) is 7.17. The molecule has 4 rings (SSSR count). The number of aromatic nitrogens is 1. The van der Waals surface area contributed by atoms with Crippen LogP contribution in [0, 0.1) is 5.82 Å². The van der Waals surface area contributed by atoms with Crippen LogP contribution in [0.1, 0.15) is 22.8 Å². The molecule has 1 amide bonds. The number of hydrazine groups is 1. The molecule has 0 radical (unpaired) electrons. The molecular formula is C20H17F4N5O4. The second-order valence-electron chi connectivity index (χ2n) is 7.17. The lowest BCUT2D eigenvalue weighted by Gasteiger charge is -2.30. The van der Waals surface area contributed by atoms with Gasteiger partial charge < -0.3 is 14.5 Å². The molecule has 1 fully saturated rings. The van der Waals surface area contributed by atoms with Gasteiger partial charge in [0.25, 0.3) is 11.8 Å². The number of nitrogens with zero attached hydrogens (tertiary/aromatic N) is 2. The lowest BCUT2D eigenvalue weighted by atomic mass is 10.1. The van der Waals surface area contributed by atoms with Crippen molar-refractivity contribution in [2.24, 2.45) is 0 Å². The summed E-state index contributed by atoms with van der Waals surface area (Å²) in [7, 11) is 0. The van der Waals surface area contributed by atoms with E-state index in [0.717, 1.165) is 6.07 Å². The Labute approximate surface area is 183 Å². The minimum Gasteiger partial charge on any atom is -0.378 e. The van der Waals surface area contributed by atoms with Crippen LogP contribution in [-0.2, 0) is 15.7 Å². The molecule has 0 aliphatic carbocycles. The maximum Gasteiger partial charge on any atom is 0.419 e. The van der Waals surface area contributed by atoms with Crippen LogP contribution in [0.4, 0.5) is 28.9 Å². The first-order chi connectivity index (χ1) is 15.7. The third-order valence-electron chi connectivity index (χ3n) is 5.06. The molecule has 0 saturated carbocycles. The second kappa shape index (κ2) is 8.60. The summed E-state index contributed by atoms with van der Waals surface area (Å²) >= 11 is 0. The summed E-state index contributed by atoms with van der Waals surface area (Å²) in [6, 6.07) is 2.17. The Morgan fingerprint density at radius 3 is 2.67 bits per heavy atom. The van der Waals surface area contributed by atoms with Gasteiger partial charge in [-0.05, 0) is 25.1 Å². The lowest BCUT2D eigenvalue weighted by molar-refractivity contribution is -0.139. The molecule has 1 saturated heterocycles. The van der Waals surface area contributed by atoms with Crippen molar-refractivity contribution < 1.29 is 36.7 Å². The van der Waals surface area contributed by atoms with Gasteiger partial charge in [-0.1, -0.05) is 0 Å². The first kappa shape index (κ1) is 22.4. The number of pyridine rings is 1. The number of benzene rings is 1. The summed E-state index contributed by atoms with van der Waals surface area (Å²) in [5.74, 6) is -0.609. The molecular weight excluding hydrogens is 450 g/mol. The maximum atomic E-state index is 13.5. The molecule has 0 bridgehead atoms. The number of hydroxylamine groups is 1. The van der Waals surface area contributed by atoms with Gasteiger partial charge >= 0.3 is 6.18 Å². The van der Waals surface area contributed by atoms with Crippen molar-refractivity contribution in [3.63, 3.8) is 0 Å². The van der Waals surface area contributed by atoms with E-state index in [1.165, 1.54) is 0 Å². The smallest absolute Gasteiger partial charge is 0.378 e. The van der Waals surface area contributed by atoms with Crippen LogP contribution < -0.4 is 36.6 Å². The normalized spacial score (nSPS) is 15.3. The zero-order valence-corrected chi connectivity index (χ0v) is 17.1. The summed E-state index contributed by atoms with van der Waals surface area (Å²) in [5, 5.41) is 0.114. The molecule has 13 heteroatoms. The van der Waals surface area contributed by atoms with Gasteiger partial charge in [0.05, 0.1) is 41.1 Å². The average Bonchev–Trinajstić information content (AvgIpc) is 3.17. The quantitative estimate of drug-likeness (QED) is 0.438. The van der Waals surface area contributed by atoms with E-state index in [4.69, 9.17) is 9.57 Å². The number of carbonyl (C=O) groups excluding carboxylic acids is 2. The van der Waals surface area contributed by atoms with Gasteiger partial charge in [0, 0.05) is 13.1 Å². The topological polar surface area (TPSA) is 105 Å². The van der Waals surface area contributed by atoms with Gasteiger partial charge in [-0.25, -0.2) is 14.7 Å². The van der Waals surface area contributed by atoms with Crippen LogP contribution in [0.25, 0.3) is 5.70 Å². The van der Waals surface area contributed by atoms with Gasteiger partial charge in [0.2, 0.25) is 0 Å². The van der Waals surface area contributed by atoms with E-state index in [-0.39, 0.29) is 22.5 Å². The number of amides is 1. The summed E-state index contributed by atoms with van der Waals surface area (Å²) in [5.41, 5.74) is 6.24. The predicted molar refractivity (Wildman–Crippen MR) is 107 cm³/mol. The van der Waals surface area contributed by atoms with E-state index < -0.39 is 23.5 Å². The molecule has 2 aromatic rings. The number of nitrogens with one attached hydrogen (secondary N) is 3. The average molecular weight is 467 g/mol. The van der Waals surface area contributed by atoms with Crippen LogP contribution >= 0.6 is 0 Å². The van der Waals surface area contributed by atoms with Gasteiger partial charge in [-0.3, -0.25) is 15.6 Å². The van der Waals surface area contributed by atoms with Crippen LogP contribution in [0.5, 0.6) is 5.88 Å². The van der Waals surface area contributed by atoms with Crippen LogP contribution in [0.15, 0.2) is 18.2 Å². The van der Waals surface area contributed by atoms with Crippen molar-refractivity contribution in [3.05, 3.63) is 45.7 Å². The molecule has 3 heterocycles. The number of morpholine rings is 1. The van der Waals surface area contributed by atoms with E-state index in [1.807, 2.05) is 4.90 Å². The largest absolute Gasteiger partial charge is 0.419 e. The Bertz CT molecular complexity index is 1250. The Balaban J connectivity index is 1.73. The first-order valence-electron chi connectivity index (χ1n) is 9.69. The summed E-state index contributed by atoms with van der Waals surface area (Å²) in [4.78, 5) is 35.9. The van der Waals surface area contributed by atoms with Crippen LogP contribution in [0.3, 0.4) is 0 Å². The predicted octanol–water partition coefficient (Wildman–Crippen LogP) is 0.361. The van der Waals surface area contributed by atoms with E-state index in [1.54, 1.807) is 12.9 Å². The molecule has 0 unspecified atom stereocenters. The molecule has 9 nitrogen and oxygen atoms in total. The standard InChI is InChI=1S/C20H17F4N5O4/c1-10-15-17(29-4-6-32-7-5-29)16(14(9-30)25-19(15)33-28-10)18(31)27-26-11-2-3-13(21)12(8-11)20(22,23)24/h2-3,8,26,28H,4-7H2,1H3,(H,27,31). The molecule has 1 aromatic heterocycles. The van der Waals surface area contributed by atoms with E-state index in [2.05, 4.69) is 21.3 Å². The maximum absolute atomic E-state index is 13.5. The summed E-state index contributed by atoms with van der Waals surface area (Å²) in [6.07, 6.45) is -4.92. The third-order valence-corrected chi connectivity index (χ3v) is 5.06. The van der Waals surface area contributed by atoms with Crippen molar-refractivity contribution in [3.8, 4) is 5.88 Å². The van der Waals surface area contributed by atoms with Crippen molar-refractivity contribution in [1.82, 2.24) is 15.9 Å². The highest BCUT2D eigenvalue weighted by molar-refractivity contribution is 6.01. The number of hydrogen-bond donors (Lipinski definition) is 3. The number of fused-ring (bicyclic) bond motifs is 1. The minimum atomic E-state index is -4.92. The Morgan fingerprint density at radius 2 is 2.00 bits per heavy atom. The van der Waals surface area contributed by atoms with Crippen molar-refractivity contribution in [2.45, 2.75) is 13.1 Å². The van der Waals surface area contributed by atoms with Gasteiger partial charge in [-0.2, -0.15) is 18.2 Å². The number of alkyl halides is 3. The zero-order chi connectivity index (χ0) is 23.8. The molecule has 0 spiro atoms.